The standard InChI is InChI=1S/C11H19NO3S/c13-7-9-8-15-5-4-12(9)11(14)10-3-1-2-6-16-10/h9-10,13H,1-8H2. The minimum atomic E-state index is -0.135. The molecule has 16 heavy (non-hydrogen) atoms. The third-order valence-corrected chi connectivity index (χ3v) is 4.54. The van der Waals surface area contributed by atoms with Crippen LogP contribution in [-0.2, 0) is 9.53 Å². The molecular formula is C11H19NO3S. The average Bonchev–Trinajstić information content (AvgIpc) is 2.39. The third-order valence-electron chi connectivity index (χ3n) is 3.18. The van der Waals surface area contributed by atoms with Crippen molar-refractivity contribution in [1.82, 2.24) is 4.90 Å². The molecule has 2 aliphatic rings. The van der Waals surface area contributed by atoms with E-state index in [4.69, 9.17) is 4.74 Å². The molecule has 0 aromatic heterocycles. The molecule has 0 radical (unpaired) electrons. The van der Waals surface area contributed by atoms with Crippen LogP contribution in [0.15, 0.2) is 0 Å². The van der Waals surface area contributed by atoms with Gasteiger partial charge in [0.15, 0.2) is 0 Å². The summed E-state index contributed by atoms with van der Waals surface area (Å²) >= 11 is 1.76. The molecule has 2 rings (SSSR count). The summed E-state index contributed by atoms with van der Waals surface area (Å²) < 4.78 is 5.28. The molecule has 92 valence electrons. The van der Waals surface area contributed by atoms with Crippen LogP contribution in [0.2, 0.25) is 0 Å². The highest BCUT2D eigenvalue weighted by Crippen LogP contribution is 2.27. The molecule has 2 fully saturated rings. The second-order valence-corrected chi connectivity index (χ2v) is 5.61. The minimum Gasteiger partial charge on any atom is -0.394 e. The Balaban J connectivity index is 1.95. The lowest BCUT2D eigenvalue weighted by molar-refractivity contribution is -0.141. The van der Waals surface area contributed by atoms with Crippen molar-refractivity contribution in [2.75, 3.05) is 32.1 Å². The van der Waals surface area contributed by atoms with E-state index in [0.29, 0.717) is 19.8 Å². The molecule has 0 aliphatic carbocycles. The summed E-state index contributed by atoms with van der Waals surface area (Å²) in [4.78, 5) is 14.1. The smallest absolute Gasteiger partial charge is 0.236 e. The van der Waals surface area contributed by atoms with Crippen molar-refractivity contribution in [2.45, 2.75) is 30.6 Å². The van der Waals surface area contributed by atoms with Crippen LogP contribution in [0.4, 0.5) is 0 Å². The first-order chi connectivity index (χ1) is 7.83. The molecule has 0 spiro atoms. The number of hydrogen-bond donors (Lipinski definition) is 1. The van der Waals surface area contributed by atoms with Gasteiger partial charge in [0.25, 0.3) is 0 Å². The zero-order chi connectivity index (χ0) is 11.4. The van der Waals surface area contributed by atoms with Gasteiger partial charge in [-0.1, -0.05) is 6.42 Å². The van der Waals surface area contributed by atoms with Gasteiger partial charge in [-0.05, 0) is 18.6 Å². The zero-order valence-electron chi connectivity index (χ0n) is 9.43. The minimum absolute atomic E-state index is 0.00310. The van der Waals surface area contributed by atoms with E-state index < -0.39 is 0 Å². The molecular weight excluding hydrogens is 226 g/mol. The lowest BCUT2D eigenvalue weighted by Crippen LogP contribution is -2.53. The monoisotopic (exact) mass is 245 g/mol. The summed E-state index contributed by atoms with van der Waals surface area (Å²) in [7, 11) is 0. The number of aliphatic hydroxyl groups excluding tert-OH is 1. The number of ether oxygens (including phenoxy) is 1. The molecule has 2 unspecified atom stereocenters. The van der Waals surface area contributed by atoms with E-state index in [0.717, 1.165) is 18.6 Å². The van der Waals surface area contributed by atoms with E-state index in [1.807, 2.05) is 4.90 Å². The normalized spacial score (nSPS) is 31.4. The summed E-state index contributed by atoms with van der Waals surface area (Å²) in [5, 5.41) is 9.34. The van der Waals surface area contributed by atoms with Gasteiger partial charge < -0.3 is 14.7 Å². The Kier molecular flexibility index (Phi) is 4.49. The average molecular weight is 245 g/mol. The number of carbonyl (C=O) groups is 1. The van der Waals surface area contributed by atoms with Crippen LogP contribution in [0.1, 0.15) is 19.3 Å². The van der Waals surface area contributed by atoms with Crippen LogP contribution >= 0.6 is 11.8 Å². The van der Waals surface area contributed by atoms with Crippen LogP contribution < -0.4 is 0 Å². The number of aliphatic hydroxyl groups is 1. The summed E-state index contributed by atoms with van der Waals surface area (Å²) in [5.41, 5.74) is 0. The first kappa shape index (κ1) is 12.2. The molecule has 0 saturated carbocycles. The molecule has 1 N–H and O–H groups in total. The SMILES string of the molecule is O=C(C1CCCCS1)N1CCOCC1CO. The van der Waals surface area contributed by atoms with Crippen LogP contribution in [-0.4, -0.2) is 59.3 Å². The number of thioether (sulfide) groups is 1. The number of carbonyl (C=O) groups excluding carboxylic acids is 1. The van der Waals surface area contributed by atoms with E-state index >= 15 is 0 Å². The predicted molar refractivity (Wildman–Crippen MR) is 63.5 cm³/mol. The summed E-state index contributed by atoms with van der Waals surface area (Å²) in [6.45, 7) is 1.70. The van der Waals surface area contributed by atoms with Crippen LogP contribution in [0.5, 0.6) is 0 Å². The molecule has 5 heteroatoms. The van der Waals surface area contributed by atoms with Gasteiger partial charge in [0.2, 0.25) is 5.91 Å². The fourth-order valence-corrected chi connectivity index (χ4v) is 3.48. The van der Waals surface area contributed by atoms with Gasteiger partial charge in [-0.2, -0.15) is 0 Å². The summed E-state index contributed by atoms with van der Waals surface area (Å²) in [6, 6.07) is -0.135. The van der Waals surface area contributed by atoms with Crippen molar-refractivity contribution in [3.63, 3.8) is 0 Å². The Labute approximate surface area is 100 Å². The highest BCUT2D eigenvalue weighted by molar-refractivity contribution is 8.00. The zero-order valence-corrected chi connectivity index (χ0v) is 10.2. The van der Waals surface area contributed by atoms with E-state index in [1.54, 1.807) is 11.8 Å². The van der Waals surface area contributed by atoms with Crippen LogP contribution in [0.3, 0.4) is 0 Å². The first-order valence-corrected chi connectivity index (χ1v) is 6.98. The van der Waals surface area contributed by atoms with Gasteiger partial charge in [-0.15, -0.1) is 11.8 Å². The second-order valence-electron chi connectivity index (χ2n) is 4.30. The largest absolute Gasteiger partial charge is 0.394 e. The Morgan fingerprint density at radius 1 is 1.50 bits per heavy atom. The molecule has 4 nitrogen and oxygen atoms in total. The van der Waals surface area contributed by atoms with Gasteiger partial charge in [0, 0.05) is 6.54 Å². The maximum absolute atomic E-state index is 12.3. The molecule has 0 aromatic rings. The number of morpholine rings is 1. The Morgan fingerprint density at radius 3 is 3.06 bits per heavy atom. The van der Waals surface area contributed by atoms with E-state index in [9.17, 15) is 9.90 Å². The quantitative estimate of drug-likeness (QED) is 0.769. The number of hydrogen-bond acceptors (Lipinski definition) is 4. The first-order valence-electron chi connectivity index (χ1n) is 5.93. The number of nitrogens with zero attached hydrogens (tertiary/aromatic N) is 1. The molecule has 2 heterocycles. The molecule has 0 bridgehead atoms. The van der Waals surface area contributed by atoms with Crippen molar-refractivity contribution in [2.24, 2.45) is 0 Å². The fraction of sp³-hybridized carbons (Fsp3) is 0.909. The van der Waals surface area contributed by atoms with Crippen LogP contribution in [0, 0.1) is 0 Å². The fourth-order valence-electron chi connectivity index (χ4n) is 2.22. The summed E-state index contributed by atoms with van der Waals surface area (Å²) in [6.07, 6.45) is 3.36. The second kappa shape index (κ2) is 5.89. The van der Waals surface area contributed by atoms with Gasteiger partial charge in [-0.3, -0.25) is 4.79 Å². The highest BCUT2D eigenvalue weighted by Gasteiger charge is 2.32. The number of amides is 1. The molecule has 2 saturated heterocycles. The van der Waals surface area contributed by atoms with Crippen molar-refractivity contribution in [3.05, 3.63) is 0 Å². The van der Waals surface area contributed by atoms with Crippen molar-refractivity contribution in [1.29, 1.82) is 0 Å². The van der Waals surface area contributed by atoms with Crippen molar-refractivity contribution >= 4 is 17.7 Å². The lowest BCUT2D eigenvalue weighted by atomic mass is 10.1. The predicted octanol–water partition coefficient (Wildman–Crippen LogP) is 0.492. The Hall–Kier alpha value is -0.260. The maximum Gasteiger partial charge on any atom is 0.236 e. The topological polar surface area (TPSA) is 49.8 Å². The van der Waals surface area contributed by atoms with E-state index in [2.05, 4.69) is 0 Å². The highest BCUT2D eigenvalue weighted by atomic mass is 32.2. The molecule has 0 aromatic carbocycles. The van der Waals surface area contributed by atoms with Crippen LogP contribution in [0.25, 0.3) is 0 Å². The van der Waals surface area contributed by atoms with Gasteiger partial charge >= 0.3 is 0 Å². The molecule has 2 atom stereocenters. The maximum atomic E-state index is 12.3. The molecule has 1 amide bonds. The lowest BCUT2D eigenvalue weighted by Gasteiger charge is -2.37. The number of rotatable bonds is 2. The Bertz CT molecular complexity index is 243. The van der Waals surface area contributed by atoms with Gasteiger partial charge in [0.1, 0.15) is 0 Å². The van der Waals surface area contributed by atoms with Gasteiger partial charge in [0.05, 0.1) is 31.1 Å². The van der Waals surface area contributed by atoms with Crippen molar-refractivity contribution in [3.8, 4) is 0 Å². The summed E-state index contributed by atoms with van der Waals surface area (Å²) in [5.74, 6) is 1.29. The molecule has 2 aliphatic heterocycles. The van der Waals surface area contributed by atoms with Gasteiger partial charge in [-0.25, -0.2) is 0 Å². The third kappa shape index (κ3) is 2.70. The Morgan fingerprint density at radius 2 is 2.38 bits per heavy atom. The van der Waals surface area contributed by atoms with E-state index in [-0.39, 0.29) is 23.8 Å². The van der Waals surface area contributed by atoms with E-state index in [1.165, 1.54) is 6.42 Å². The van der Waals surface area contributed by atoms with Crippen molar-refractivity contribution < 1.29 is 14.6 Å².